The van der Waals surface area contributed by atoms with Crippen LogP contribution in [0.5, 0.6) is 0 Å². The molecule has 2 aliphatic carbocycles. The molecule has 1 unspecified atom stereocenters. The van der Waals surface area contributed by atoms with Gasteiger partial charge in [-0.2, -0.15) is 0 Å². The highest BCUT2D eigenvalue weighted by Gasteiger charge is 2.63. The predicted molar refractivity (Wildman–Crippen MR) is 42.6 cm³/mol. The van der Waals surface area contributed by atoms with Gasteiger partial charge in [0.2, 0.25) is 10.0 Å². The maximum absolute atomic E-state index is 11.1. The fourth-order valence-electron chi connectivity index (χ4n) is 1.79. The number of sulfonamides is 1. The maximum atomic E-state index is 11.1. The molecular formula is C7H13NO2S. The van der Waals surface area contributed by atoms with Crippen molar-refractivity contribution in [1.82, 2.24) is 4.72 Å². The van der Waals surface area contributed by atoms with E-state index in [1.54, 1.807) is 0 Å². The summed E-state index contributed by atoms with van der Waals surface area (Å²) in [7, 11) is -1.45. The average molecular weight is 175 g/mol. The van der Waals surface area contributed by atoms with E-state index in [1.165, 1.54) is 19.9 Å². The second-order valence-corrected chi connectivity index (χ2v) is 5.72. The molecule has 11 heavy (non-hydrogen) atoms. The third-order valence-electron chi connectivity index (χ3n) is 2.98. The van der Waals surface area contributed by atoms with Crippen LogP contribution in [0.3, 0.4) is 0 Å². The second kappa shape index (κ2) is 1.98. The van der Waals surface area contributed by atoms with Gasteiger partial charge in [0.15, 0.2) is 0 Å². The topological polar surface area (TPSA) is 46.2 Å². The smallest absolute Gasteiger partial charge is 0.211 e. The third kappa shape index (κ3) is 1.29. The zero-order valence-corrected chi connectivity index (χ0v) is 7.45. The molecule has 0 aromatic heterocycles. The van der Waals surface area contributed by atoms with E-state index in [0.717, 1.165) is 6.42 Å². The second-order valence-electron chi connectivity index (χ2n) is 3.75. The molecule has 3 nitrogen and oxygen atoms in total. The summed E-state index contributed by atoms with van der Waals surface area (Å²) in [6, 6.07) is 0. The van der Waals surface area contributed by atoms with Crippen LogP contribution < -0.4 is 4.72 Å². The largest absolute Gasteiger partial charge is 0.218 e. The van der Waals surface area contributed by atoms with Crippen molar-refractivity contribution < 1.29 is 8.42 Å². The van der Waals surface area contributed by atoms with Crippen LogP contribution >= 0.6 is 0 Å². The summed E-state index contributed by atoms with van der Waals surface area (Å²) in [6.07, 6.45) is 3.67. The minimum absolute atomic E-state index is 0.351. The van der Waals surface area contributed by atoms with E-state index < -0.39 is 10.0 Å². The fourth-order valence-corrected chi connectivity index (χ4v) is 2.96. The molecule has 4 heteroatoms. The standard InChI is InChI=1S/C7H13NO2S/c1-8-11(9,10)5-6-4-7(6)2-3-7/h6,8H,2-5H2,1H3. The third-order valence-corrected chi connectivity index (χ3v) is 4.45. The van der Waals surface area contributed by atoms with E-state index in [9.17, 15) is 8.42 Å². The van der Waals surface area contributed by atoms with Gasteiger partial charge in [0.1, 0.15) is 0 Å². The summed E-state index contributed by atoms with van der Waals surface area (Å²) in [5.74, 6) is 0.823. The molecule has 0 aliphatic heterocycles. The van der Waals surface area contributed by atoms with Crippen molar-refractivity contribution in [3.63, 3.8) is 0 Å². The van der Waals surface area contributed by atoms with Crippen LogP contribution in [0.2, 0.25) is 0 Å². The molecule has 0 aromatic carbocycles. The van der Waals surface area contributed by atoms with Crippen molar-refractivity contribution >= 4 is 10.0 Å². The summed E-state index contributed by atoms with van der Waals surface area (Å²) < 4.78 is 24.5. The number of nitrogens with one attached hydrogen (secondary N) is 1. The van der Waals surface area contributed by atoms with Gasteiger partial charge in [-0.05, 0) is 37.6 Å². The van der Waals surface area contributed by atoms with Gasteiger partial charge in [-0.1, -0.05) is 0 Å². The van der Waals surface area contributed by atoms with Gasteiger partial charge in [0.25, 0.3) is 0 Å². The lowest BCUT2D eigenvalue weighted by molar-refractivity contribution is 0.580. The summed E-state index contributed by atoms with van der Waals surface area (Å²) in [4.78, 5) is 0. The molecule has 64 valence electrons. The SMILES string of the molecule is CNS(=O)(=O)CC1CC12CC2. The number of hydrogen-bond donors (Lipinski definition) is 1. The summed E-state index contributed by atoms with van der Waals surface area (Å²) in [5, 5.41) is 0. The van der Waals surface area contributed by atoms with Crippen molar-refractivity contribution in [2.45, 2.75) is 19.3 Å². The van der Waals surface area contributed by atoms with Crippen LogP contribution in [0.15, 0.2) is 0 Å². The summed E-state index contributed by atoms with van der Waals surface area (Å²) >= 11 is 0. The van der Waals surface area contributed by atoms with Gasteiger partial charge in [0, 0.05) is 0 Å². The molecule has 0 aromatic rings. The van der Waals surface area contributed by atoms with Crippen LogP contribution in [-0.2, 0) is 10.0 Å². The van der Waals surface area contributed by atoms with E-state index in [1.807, 2.05) is 0 Å². The van der Waals surface area contributed by atoms with Crippen LogP contribution in [-0.4, -0.2) is 21.2 Å². The monoisotopic (exact) mass is 175 g/mol. The van der Waals surface area contributed by atoms with Crippen molar-refractivity contribution in [2.24, 2.45) is 11.3 Å². The lowest BCUT2D eigenvalue weighted by Gasteiger charge is -1.99. The van der Waals surface area contributed by atoms with Gasteiger partial charge in [-0.25, -0.2) is 13.1 Å². The fraction of sp³-hybridized carbons (Fsp3) is 1.00. The first-order chi connectivity index (χ1) is 5.08. The Balaban J connectivity index is 1.92. The van der Waals surface area contributed by atoms with E-state index >= 15 is 0 Å². The zero-order chi connectivity index (χ0) is 8.11. The molecule has 0 heterocycles. The molecule has 0 bridgehead atoms. The molecule has 0 radical (unpaired) electrons. The Morgan fingerprint density at radius 2 is 2.18 bits per heavy atom. The van der Waals surface area contributed by atoms with Crippen molar-refractivity contribution in [3.8, 4) is 0 Å². The van der Waals surface area contributed by atoms with E-state index in [4.69, 9.17) is 0 Å². The Morgan fingerprint density at radius 1 is 1.55 bits per heavy atom. The molecule has 1 N–H and O–H groups in total. The number of rotatable bonds is 3. The first-order valence-corrected chi connectivity index (χ1v) is 5.64. The molecule has 1 spiro atoms. The van der Waals surface area contributed by atoms with Gasteiger partial charge in [-0.15, -0.1) is 0 Å². The summed E-state index contributed by atoms with van der Waals surface area (Å²) in [5.41, 5.74) is 0.504. The molecule has 2 aliphatic rings. The highest BCUT2D eigenvalue weighted by molar-refractivity contribution is 7.89. The Labute approximate surface area is 67.2 Å². The lowest BCUT2D eigenvalue weighted by atomic mass is 10.3. The highest BCUT2D eigenvalue weighted by Crippen LogP contribution is 2.70. The summed E-state index contributed by atoms with van der Waals surface area (Å²) in [6.45, 7) is 0. The first kappa shape index (κ1) is 7.55. The molecule has 2 fully saturated rings. The van der Waals surface area contributed by atoms with Gasteiger partial charge >= 0.3 is 0 Å². The molecule has 0 amide bonds. The van der Waals surface area contributed by atoms with Crippen LogP contribution in [0.25, 0.3) is 0 Å². The first-order valence-electron chi connectivity index (χ1n) is 3.99. The molecule has 2 saturated carbocycles. The van der Waals surface area contributed by atoms with Crippen LogP contribution in [0, 0.1) is 11.3 Å². The van der Waals surface area contributed by atoms with E-state index in [0.29, 0.717) is 17.1 Å². The highest BCUT2D eigenvalue weighted by atomic mass is 32.2. The Morgan fingerprint density at radius 3 is 2.55 bits per heavy atom. The van der Waals surface area contributed by atoms with Crippen LogP contribution in [0.4, 0.5) is 0 Å². The van der Waals surface area contributed by atoms with Gasteiger partial charge in [-0.3, -0.25) is 0 Å². The quantitative estimate of drug-likeness (QED) is 0.672. The minimum atomic E-state index is -2.94. The molecule has 2 rings (SSSR count). The number of hydrogen-bond acceptors (Lipinski definition) is 2. The lowest BCUT2D eigenvalue weighted by Crippen LogP contribution is -2.23. The Hall–Kier alpha value is -0.0900. The van der Waals surface area contributed by atoms with Gasteiger partial charge in [0.05, 0.1) is 5.75 Å². The Bertz CT molecular complexity index is 266. The predicted octanol–water partition coefficient (Wildman–Crippen LogP) is 0.336. The molecule has 0 saturated heterocycles. The minimum Gasteiger partial charge on any atom is -0.218 e. The van der Waals surface area contributed by atoms with Gasteiger partial charge < -0.3 is 0 Å². The molecular weight excluding hydrogens is 162 g/mol. The van der Waals surface area contributed by atoms with E-state index in [-0.39, 0.29) is 0 Å². The van der Waals surface area contributed by atoms with E-state index in [2.05, 4.69) is 4.72 Å². The van der Waals surface area contributed by atoms with Crippen molar-refractivity contribution in [2.75, 3.05) is 12.8 Å². The van der Waals surface area contributed by atoms with Crippen LogP contribution in [0.1, 0.15) is 19.3 Å². The zero-order valence-electron chi connectivity index (χ0n) is 6.63. The van der Waals surface area contributed by atoms with Crippen molar-refractivity contribution in [3.05, 3.63) is 0 Å². The molecule has 1 atom stereocenters. The average Bonchev–Trinajstić information content (AvgIpc) is 2.78. The normalized spacial score (nSPS) is 32.3. The van der Waals surface area contributed by atoms with Crippen molar-refractivity contribution in [1.29, 1.82) is 0 Å². The maximum Gasteiger partial charge on any atom is 0.211 e. The Kier molecular flexibility index (Phi) is 1.36.